The van der Waals surface area contributed by atoms with Gasteiger partial charge in [0.05, 0.1) is 42.9 Å². The molecule has 0 aromatic carbocycles. The van der Waals surface area contributed by atoms with E-state index in [4.69, 9.17) is 0 Å². The third kappa shape index (κ3) is 4.75. The number of likely N-dealkylation sites (tertiary alicyclic amines) is 2. The number of aromatic nitrogens is 2. The van der Waals surface area contributed by atoms with E-state index < -0.39 is 0 Å². The number of amides is 2. The molecule has 0 radical (unpaired) electrons. The number of carbonyl (C=O) groups is 2. The standard InChI is InChI=1S/C18H27N5O2/c1-14(24)20-11-15-10-19-12-16(21-15)17-6-5-9-23(17)18(25)13-22-7-3-2-4-8-22/h10,12,17H,2-9,11,13H2,1H3,(H,20,24). The molecule has 2 amide bonds. The van der Waals surface area contributed by atoms with Gasteiger partial charge in [0.25, 0.3) is 0 Å². The minimum atomic E-state index is -0.0913. The van der Waals surface area contributed by atoms with Gasteiger partial charge in [0.15, 0.2) is 0 Å². The number of nitrogens with zero attached hydrogens (tertiary/aromatic N) is 4. The summed E-state index contributed by atoms with van der Waals surface area (Å²) in [6.07, 6.45) is 8.97. The van der Waals surface area contributed by atoms with Gasteiger partial charge < -0.3 is 10.2 Å². The van der Waals surface area contributed by atoms with Crippen LogP contribution >= 0.6 is 0 Å². The molecule has 1 N–H and O–H groups in total. The maximum Gasteiger partial charge on any atom is 0.237 e. The molecule has 0 saturated carbocycles. The van der Waals surface area contributed by atoms with E-state index in [1.165, 1.54) is 26.2 Å². The summed E-state index contributed by atoms with van der Waals surface area (Å²) in [5.41, 5.74) is 1.55. The predicted molar refractivity (Wildman–Crippen MR) is 93.5 cm³/mol. The fourth-order valence-electron chi connectivity index (χ4n) is 3.66. The third-order valence-corrected chi connectivity index (χ3v) is 4.94. The summed E-state index contributed by atoms with van der Waals surface area (Å²) < 4.78 is 0. The van der Waals surface area contributed by atoms with Crippen LogP contribution in [-0.2, 0) is 16.1 Å². The van der Waals surface area contributed by atoms with Gasteiger partial charge in [-0.1, -0.05) is 6.42 Å². The summed E-state index contributed by atoms with van der Waals surface area (Å²) in [5, 5.41) is 2.74. The molecule has 2 aliphatic rings. The molecule has 2 aliphatic heterocycles. The Morgan fingerprint density at radius 1 is 1.16 bits per heavy atom. The zero-order chi connectivity index (χ0) is 17.6. The monoisotopic (exact) mass is 345 g/mol. The van der Waals surface area contributed by atoms with E-state index in [0.717, 1.165) is 43.9 Å². The zero-order valence-corrected chi connectivity index (χ0v) is 14.9. The second-order valence-corrected chi connectivity index (χ2v) is 6.93. The summed E-state index contributed by atoms with van der Waals surface area (Å²) in [5.74, 6) is 0.102. The van der Waals surface area contributed by atoms with E-state index >= 15 is 0 Å². The van der Waals surface area contributed by atoms with E-state index in [0.29, 0.717) is 13.1 Å². The van der Waals surface area contributed by atoms with Crippen molar-refractivity contribution in [1.29, 1.82) is 0 Å². The van der Waals surface area contributed by atoms with Crippen LogP contribution in [0.1, 0.15) is 56.5 Å². The summed E-state index contributed by atoms with van der Waals surface area (Å²) >= 11 is 0. The first-order chi connectivity index (χ1) is 12.1. The molecule has 0 aliphatic carbocycles. The van der Waals surface area contributed by atoms with Crippen molar-refractivity contribution in [1.82, 2.24) is 25.1 Å². The first-order valence-electron chi connectivity index (χ1n) is 9.20. The van der Waals surface area contributed by atoms with E-state index in [9.17, 15) is 9.59 Å². The van der Waals surface area contributed by atoms with Crippen molar-refractivity contribution in [2.24, 2.45) is 0 Å². The Morgan fingerprint density at radius 3 is 2.72 bits per heavy atom. The minimum Gasteiger partial charge on any atom is -0.351 e. The number of rotatable bonds is 5. The van der Waals surface area contributed by atoms with Crippen molar-refractivity contribution in [3.63, 3.8) is 0 Å². The van der Waals surface area contributed by atoms with Gasteiger partial charge in [0, 0.05) is 13.5 Å². The van der Waals surface area contributed by atoms with Crippen LogP contribution in [0.5, 0.6) is 0 Å². The molecule has 1 aromatic rings. The second kappa shape index (κ2) is 8.38. The summed E-state index contributed by atoms with van der Waals surface area (Å²) in [6.45, 7) is 5.19. The van der Waals surface area contributed by atoms with Gasteiger partial charge in [0.2, 0.25) is 11.8 Å². The molecule has 1 aromatic heterocycles. The number of hydrogen-bond donors (Lipinski definition) is 1. The smallest absolute Gasteiger partial charge is 0.237 e. The van der Waals surface area contributed by atoms with Crippen molar-refractivity contribution in [2.45, 2.75) is 51.6 Å². The van der Waals surface area contributed by atoms with E-state index in [2.05, 4.69) is 20.2 Å². The van der Waals surface area contributed by atoms with Gasteiger partial charge in [-0.15, -0.1) is 0 Å². The van der Waals surface area contributed by atoms with Crippen LogP contribution in [0.3, 0.4) is 0 Å². The Labute approximate surface area is 148 Å². The van der Waals surface area contributed by atoms with Gasteiger partial charge in [-0.2, -0.15) is 0 Å². The lowest BCUT2D eigenvalue weighted by molar-refractivity contribution is -0.133. The Hall–Kier alpha value is -2.02. The molecule has 7 nitrogen and oxygen atoms in total. The van der Waals surface area contributed by atoms with Gasteiger partial charge in [-0.3, -0.25) is 24.5 Å². The summed E-state index contributed by atoms with van der Waals surface area (Å²) in [4.78, 5) is 36.9. The van der Waals surface area contributed by atoms with Crippen LogP contribution < -0.4 is 5.32 Å². The zero-order valence-electron chi connectivity index (χ0n) is 14.9. The topological polar surface area (TPSA) is 78.4 Å². The van der Waals surface area contributed by atoms with Crippen LogP contribution in [0.2, 0.25) is 0 Å². The Kier molecular flexibility index (Phi) is 5.96. The molecule has 2 saturated heterocycles. The third-order valence-electron chi connectivity index (χ3n) is 4.94. The Morgan fingerprint density at radius 2 is 1.96 bits per heavy atom. The molecule has 1 unspecified atom stereocenters. The van der Waals surface area contributed by atoms with Gasteiger partial charge >= 0.3 is 0 Å². The average molecular weight is 345 g/mol. The molecule has 2 fully saturated rings. The molecule has 0 spiro atoms. The van der Waals surface area contributed by atoms with Gasteiger partial charge in [0.1, 0.15) is 0 Å². The lowest BCUT2D eigenvalue weighted by Crippen LogP contribution is -2.42. The molecule has 136 valence electrons. The summed E-state index contributed by atoms with van der Waals surface area (Å²) in [6, 6.07) is 0.00192. The molecular formula is C18H27N5O2. The quantitative estimate of drug-likeness (QED) is 0.869. The van der Waals surface area contributed by atoms with Crippen LogP contribution in [-0.4, -0.2) is 57.8 Å². The predicted octanol–water partition coefficient (Wildman–Crippen LogP) is 1.26. The molecule has 3 heterocycles. The first kappa shape index (κ1) is 17.8. The number of piperidine rings is 1. The fraction of sp³-hybridized carbons (Fsp3) is 0.667. The fourth-order valence-corrected chi connectivity index (χ4v) is 3.66. The van der Waals surface area contributed by atoms with Crippen LogP contribution in [0.25, 0.3) is 0 Å². The van der Waals surface area contributed by atoms with Crippen LogP contribution in [0, 0.1) is 0 Å². The molecular weight excluding hydrogens is 318 g/mol. The lowest BCUT2D eigenvalue weighted by atomic mass is 10.1. The molecule has 7 heteroatoms. The number of hydrogen-bond acceptors (Lipinski definition) is 5. The van der Waals surface area contributed by atoms with E-state index in [-0.39, 0.29) is 17.9 Å². The van der Waals surface area contributed by atoms with Crippen LogP contribution in [0.15, 0.2) is 12.4 Å². The maximum atomic E-state index is 12.8. The van der Waals surface area contributed by atoms with Crippen LogP contribution in [0.4, 0.5) is 0 Å². The highest BCUT2D eigenvalue weighted by Crippen LogP contribution is 2.30. The molecule has 25 heavy (non-hydrogen) atoms. The highest BCUT2D eigenvalue weighted by molar-refractivity contribution is 5.79. The maximum absolute atomic E-state index is 12.8. The molecule has 3 rings (SSSR count). The summed E-state index contributed by atoms with van der Waals surface area (Å²) in [7, 11) is 0. The van der Waals surface area contributed by atoms with Crippen molar-refractivity contribution in [2.75, 3.05) is 26.2 Å². The lowest BCUT2D eigenvalue weighted by Gasteiger charge is -2.30. The average Bonchev–Trinajstić information content (AvgIpc) is 3.11. The largest absolute Gasteiger partial charge is 0.351 e. The SMILES string of the molecule is CC(=O)NCc1cncc(C2CCCN2C(=O)CN2CCCCC2)n1. The van der Waals surface area contributed by atoms with Gasteiger partial charge in [-0.25, -0.2) is 0 Å². The van der Waals surface area contributed by atoms with Crippen molar-refractivity contribution >= 4 is 11.8 Å². The highest BCUT2D eigenvalue weighted by Gasteiger charge is 2.32. The normalized spacial score (nSPS) is 21.3. The van der Waals surface area contributed by atoms with Crippen molar-refractivity contribution < 1.29 is 9.59 Å². The Bertz CT molecular complexity index is 615. The van der Waals surface area contributed by atoms with E-state index in [1.807, 2.05) is 4.90 Å². The van der Waals surface area contributed by atoms with E-state index in [1.54, 1.807) is 12.4 Å². The Balaban J connectivity index is 1.65. The molecule has 0 bridgehead atoms. The van der Waals surface area contributed by atoms with Crippen molar-refractivity contribution in [3.05, 3.63) is 23.8 Å². The highest BCUT2D eigenvalue weighted by atomic mass is 16.2. The van der Waals surface area contributed by atoms with Gasteiger partial charge in [-0.05, 0) is 38.8 Å². The van der Waals surface area contributed by atoms with Crippen molar-refractivity contribution in [3.8, 4) is 0 Å². The second-order valence-electron chi connectivity index (χ2n) is 6.93. The molecule has 1 atom stereocenters. The number of nitrogens with one attached hydrogen (secondary N) is 1. The minimum absolute atomic E-state index is 0.00192. The number of carbonyl (C=O) groups excluding carboxylic acids is 2. The first-order valence-corrected chi connectivity index (χ1v) is 9.20.